The Balaban J connectivity index is 2.13. The third kappa shape index (κ3) is 9.80. The van der Waals surface area contributed by atoms with Gasteiger partial charge in [0, 0.05) is 6.61 Å². The average Bonchev–Trinajstić information content (AvgIpc) is 2.99. The molecule has 0 amide bonds. The molecule has 0 radical (unpaired) electrons. The lowest BCUT2D eigenvalue weighted by Crippen LogP contribution is -2.22. The summed E-state index contributed by atoms with van der Waals surface area (Å²) in [5.74, 6) is 0. The standard InChI is InChI=1S/C21H40O3/c1-3-5-6-7-10-13-16-19-20(24-21(4-2)23-19)17-14-11-8-9-12-15-18-22/h4,19-22H,2-3,5-18H2,1H3. The highest BCUT2D eigenvalue weighted by molar-refractivity contribution is 4.85. The third-order valence-electron chi connectivity index (χ3n) is 4.96. The van der Waals surface area contributed by atoms with Gasteiger partial charge in [0.05, 0.1) is 12.2 Å². The molecule has 3 heteroatoms. The average molecular weight is 341 g/mol. The lowest BCUT2D eigenvalue weighted by atomic mass is 9.99. The minimum Gasteiger partial charge on any atom is -0.396 e. The van der Waals surface area contributed by atoms with E-state index in [4.69, 9.17) is 14.6 Å². The van der Waals surface area contributed by atoms with Crippen LogP contribution in [0.25, 0.3) is 0 Å². The molecule has 0 aromatic carbocycles. The van der Waals surface area contributed by atoms with E-state index >= 15 is 0 Å². The van der Waals surface area contributed by atoms with Crippen LogP contribution in [0.4, 0.5) is 0 Å². The van der Waals surface area contributed by atoms with Gasteiger partial charge in [-0.3, -0.25) is 0 Å². The quantitative estimate of drug-likeness (QED) is 0.287. The van der Waals surface area contributed by atoms with Crippen LogP contribution in [0.3, 0.4) is 0 Å². The summed E-state index contributed by atoms with van der Waals surface area (Å²) in [4.78, 5) is 0. The lowest BCUT2D eigenvalue weighted by Gasteiger charge is -2.16. The largest absolute Gasteiger partial charge is 0.396 e. The highest BCUT2D eigenvalue weighted by atomic mass is 16.7. The zero-order valence-corrected chi connectivity index (χ0v) is 15.9. The maximum absolute atomic E-state index is 8.78. The number of aliphatic hydroxyl groups is 1. The molecule has 1 fully saturated rings. The molecule has 1 rings (SSSR count). The van der Waals surface area contributed by atoms with Gasteiger partial charge in [-0.2, -0.15) is 0 Å². The second kappa shape index (κ2) is 14.9. The fourth-order valence-electron chi connectivity index (χ4n) is 3.46. The van der Waals surface area contributed by atoms with Gasteiger partial charge in [-0.25, -0.2) is 0 Å². The topological polar surface area (TPSA) is 38.7 Å². The molecule has 1 heterocycles. The van der Waals surface area contributed by atoms with Crippen LogP contribution in [-0.2, 0) is 9.47 Å². The van der Waals surface area contributed by atoms with Crippen LogP contribution in [0.5, 0.6) is 0 Å². The number of rotatable bonds is 16. The Kier molecular flexibility index (Phi) is 13.5. The first-order valence-electron chi connectivity index (χ1n) is 10.4. The smallest absolute Gasteiger partial charge is 0.177 e. The molecular weight excluding hydrogens is 300 g/mol. The molecule has 3 atom stereocenters. The minimum atomic E-state index is -0.204. The molecule has 1 N–H and O–H groups in total. The summed E-state index contributed by atoms with van der Waals surface area (Å²) in [7, 11) is 0. The lowest BCUT2D eigenvalue weighted by molar-refractivity contribution is -0.0299. The van der Waals surface area contributed by atoms with Crippen molar-refractivity contribution >= 4 is 0 Å². The maximum atomic E-state index is 8.78. The van der Waals surface area contributed by atoms with Crippen LogP contribution in [0.15, 0.2) is 12.7 Å². The number of unbranched alkanes of at least 4 members (excludes halogenated alkanes) is 10. The fraction of sp³-hybridized carbons (Fsp3) is 0.905. The molecule has 0 bridgehead atoms. The summed E-state index contributed by atoms with van der Waals surface area (Å²) >= 11 is 0. The van der Waals surface area contributed by atoms with Crippen molar-refractivity contribution in [1.82, 2.24) is 0 Å². The Hall–Kier alpha value is -0.380. The highest BCUT2D eigenvalue weighted by Crippen LogP contribution is 2.28. The Bertz CT molecular complexity index is 293. The molecule has 0 aliphatic carbocycles. The normalized spacial score (nSPS) is 23.7. The summed E-state index contributed by atoms with van der Waals surface area (Å²) in [6.45, 7) is 6.40. The van der Waals surface area contributed by atoms with E-state index in [1.165, 1.54) is 64.2 Å². The second-order valence-electron chi connectivity index (χ2n) is 7.14. The van der Waals surface area contributed by atoms with Gasteiger partial charge in [0.2, 0.25) is 0 Å². The molecule has 0 spiro atoms. The van der Waals surface area contributed by atoms with E-state index in [0.29, 0.717) is 6.61 Å². The van der Waals surface area contributed by atoms with Gasteiger partial charge < -0.3 is 14.6 Å². The van der Waals surface area contributed by atoms with Crippen molar-refractivity contribution < 1.29 is 14.6 Å². The van der Waals surface area contributed by atoms with Crippen LogP contribution in [0, 0.1) is 0 Å². The van der Waals surface area contributed by atoms with Gasteiger partial charge in [-0.05, 0) is 25.3 Å². The first kappa shape index (κ1) is 21.7. The SMILES string of the molecule is C=CC1OC(CCCCCCCC)C(CCCCCCCCO)O1. The molecule has 0 saturated carbocycles. The molecule has 0 aromatic heterocycles. The third-order valence-corrected chi connectivity index (χ3v) is 4.96. The zero-order chi connectivity index (χ0) is 17.5. The zero-order valence-electron chi connectivity index (χ0n) is 15.9. The van der Waals surface area contributed by atoms with E-state index in [-0.39, 0.29) is 18.5 Å². The van der Waals surface area contributed by atoms with Crippen LogP contribution in [-0.4, -0.2) is 30.2 Å². The van der Waals surface area contributed by atoms with Gasteiger partial charge in [0.1, 0.15) is 0 Å². The van der Waals surface area contributed by atoms with Gasteiger partial charge in [0.25, 0.3) is 0 Å². The van der Waals surface area contributed by atoms with E-state index in [2.05, 4.69) is 13.5 Å². The van der Waals surface area contributed by atoms with Crippen molar-refractivity contribution in [3.63, 3.8) is 0 Å². The van der Waals surface area contributed by atoms with Crippen molar-refractivity contribution in [3.05, 3.63) is 12.7 Å². The van der Waals surface area contributed by atoms with E-state index < -0.39 is 0 Å². The monoisotopic (exact) mass is 340 g/mol. The van der Waals surface area contributed by atoms with Crippen molar-refractivity contribution in [2.75, 3.05) is 6.61 Å². The predicted octanol–water partition coefficient (Wildman–Crippen LogP) is 5.76. The van der Waals surface area contributed by atoms with Crippen LogP contribution in [0.2, 0.25) is 0 Å². The molecule has 24 heavy (non-hydrogen) atoms. The number of hydrogen-bond acceptors (Lipinski definition) is 3. The van der Waals surface area contributed by atoms with Crippen molar-refractivity contribution in [2.24, 2.45) is 0 Å². The molecule has 1 saturated heterocycles. The Morgan fingerprint density at radius 3 is 1.67 bits per heavy atom. The Labute approximate surface area is 149 Å². The maximum Gasteiger partial charge on any atom is 0.177 e. The minimum absolute atomic E-state index is 0.204. The first-order chi connectivity index (χ1) is 11.8. The summed E-state index contributed by atoms with van der Waals surface area (Å²) < 4.78 is 12.0. The Morgan fingerprint density at radius 2 is 1.21 bits per heavy atom. The van der Waals surface area contributed by atoms with Crippen LogP contribution >= 0.6 is 0 Å². The van der Waals surface area contributed by atoms with E-state index in [0.717, 1.165) is 25.7 Å². The van der Waals surface area contributed by atoms with Gasteiger partial charge in [0.15, 0.2) is 6.29 Å². The van der Waals surface area contributed by atoms with E-state index in [1.54, 1.807) is 6.08 Å². The molecule has 3 nitrogen and oxygen atoms in total. The molecule has 142 valence electrons. The predicted molar refractivity (Wildman–Crippen MR) is 101 cm³/mol. The van der Waals surface area contributed by atoms with E-state index in [9.17, 15) is 0 Å². The van der Waals surface area contributed by atoms with Crippen LogP contribution in [0.1, 0.15) is 96.8 Å². The summed E-state index contributed by atoms with van der Waals surface area (Å²) in [5, 5.41) is 8.78. The molecule has 0 aromatic rings. The fourth-order valence-corrected chi connectivity index (χ4v) is 3.46. The molecule has 1 aliphatic heterocycles. The van der Waals surface area contributed by atoms with Crippen molar-refractivity contribution in [3.8, 4) is 0 Å². The molecule has 1 aliphatic rings. The number of hydrogen-bond donors (Lipinski definition) is 1. The van der Waals surface area contributed by atoms with Crippen molar-refractivity contribution in [2.45, 2.75) is 115 Å². The van der Waals surface area contributed by atoms with Gasteiger partial charge >= 0.3 is 0 Å². The second-order valence-corrected chi connectivity index (χ2v) is 7.14. The number of ether oxygens (including phenoxy) is 2. The summed E-state index contributed by atoms with van der Waals surface area (Å²) in [5.41, 5.74) is 0. The highest BCUT2D eigenvalue weighted by Gasteiger charge is 2.33. The summed E-state index contributed by atoms with van der Waals surface area (Å²) in [6.07, 6.45) is 19.3. The van der Waals surface area contributed by atoms with E-state index in [1.807, 2.05) is 0 Å². The molecule has 3 unspecified atom stereocenters. The van der Waals surface area contributed by atoms with Gasteiger partial charge in [-0.1, -0.05) is 84.1 Å². The van der Waals surface area contributed by atoms with Crippen molar-refractivity contribution in [1.29, 1.82) is 0 Å². The first-order valence-corrected chi connectivity index (χ1v) is 10.4. The summed E-state index contributed by atoms with van der Waals surface area (Å²) in [6, 6.07) is 0. The molecular formula is C21H40O3. The van der Waals surface area contributed by atoms with Crippen LogP contribution < -0.4 is 0 Å². The van der Waals surface area contributed by atoms with Gasteiger partial charge in [-0.15, -0.1) is 0 Å². The Morgan fingerprint density at radius 1 is 0.750 bits per heavy atom. The number of aliphatic hydroxyl groups excluding tert-OH is 1.